The normalized spacial score (nSPS) is 14.6. The zero-order valence-electron chi connectivity index (χ0n) is 13.4. The molecule has 0 unspecified atom stereocenters. The molecule has 1 aliphatic heterocycles. The van der Waals surface area contributed by atoms with Crippen LogP contribution in [0.2, 0.25) is 0 Å². The Morgan fingerprint density at radius 2 is 2.36 bits per heavy atom. The fourth-order valence-corrected chi connectivity index (χ4v) is 2.28. The van der Waals surface area contributed by atoms with Crippen molar-refractivity contribution in [1.29, 1.82) is 0 Å². The molecule has 4 heteroatoms. The Hall–Kier alpha value is -2.23. The van der Waals surface area contributed by atoms with Gasteiger partial charge in [-0.15, -0.1) is 0 Å². The minimum Gasteiger partial charge on any atom is -0.494 e. The SMILES string of the molecule is C=C/C=N\C(=C/C)CN1CCOc2ccc(OCCC)cc21. The van der Waals surface area contributed by atoms with Crippen LogP contribution < -0.4 is 14.4 Å². The van der Waals surface area contributed by atoms with Crippen LogP contribution in [0.25, 0.3) is 0 Å². The molecule has 2 rings (SSSR count). The number of ether oxygens (including phenoxy) is 2. The third-order valence-electron chi connectivity index (χ3n) is 3.39. The lowest BCUT2D eigenvalue weighted by Gasteiger charge is -2.31. The zero-order valence-corrected chi connectivity index (χ0v) is 13.4. The molecule has 4 nitrogen and oxygen atoms in total. The van der Waals surface area contributed by atoms with Gasteiger partial charge in [-0.2, -0.15) is 0 Å². The fraction of sp³-hybridized carbons (Fsp3) is 0.389. The van der Waals surface area contributed by atoms with Crippen LogP contribution >= 0.6 is 0 Å². The van der Waals surface area contributed by atoms with Gasteiger partial charge in [0.15, 0.2) is 0 Å². The Bertz CT molecular complexity index is 564. The molecule has 22 heavy (non-hydrogen) atoms. The third kappa shape index (κ3) is 4.13. The first-order valence-electron chi connectivity index (χ1n) is 7.73. The van der Waals surface area contributed by atoms with E-state index in [9.17, 15) is 0 Å². The second kappa shape index (κ2) is 8.27. The summed E-state index contributed by atoms with van der Waals surface area (Å²) in [6, 6.07) is 5.99. The van der Waals surface area contributed by atoms with Crippen LogP contribution in [0.15, 0.2) is 47.6 Å². The van der Waals surface area contributed by atoms with Gasteiger partial charge in [-0.25, -0.2) is 0 Å². The summed E-state index contributed by atoms with van der Waals surface area (Å²) in [6.45, 7) is 10.8. The van der Waals surface area contributed by atoms with E-state index >= 15 is 0 Å². The molecule has 0 N–H and O–H groups in total. The molecule has 0 bridgehead atoms. The maximum Gasteiger partial charge on any atom is 0.142 e. The van der Waals surface area contributed by atoms with Crippen LogP contribution in [0.4, 0.5) is 5.69 Å². The summed E-state index contributed by atoms with van der Waals surface area (Å²) in [4.78, 5) is 6.68. The lowest BCUT2D eigenvalue weighted by atomic mass is 10.2. The van der Waals surface area contributed by atoms with Crippen molar-refractivity contribution in [3.05, 3.63) is 42.6 Å². The number of hydrogen-bond acceptors (Lipinski definition) is 4. The van der Waals surface area contributed by atoms with Crippen molar-refractivity contribution in [3.63, 3.8) is 0 Å². The van der Waals surface area contributed by atoms with E-state index in [-0.39, 0.29) is 0 Å². The first-order valence-corrected chi connectivity index (χ1v) is 7.73. The average molecular weight is 300 g/mol. The lowest BCUT2D eigenvalue weighted by molar-refractivity contribution is 0.301. The minimum absolute atomic E-state index is 0.685. The van der Waals surface area contributed by atoms with Crippen molar-refractivity contribution in [3.8, 4) is 11.5 Å². The number of rotatable bonds is 7. The molecule has 118 valence electrons. The second-order valence-electron chi connectivity index (χ2n) is 5.04. The van der Waals surface area contributed by atoms with Gasteiger partial charge in [0.25, 0.3) is 0 Å². The van der Waals surface area contributed by atoms with Crippen molar-refractivity contribution < 1.29 is 9.47 Å². The van der Waals surface area contributed by atoms with Crippen molar-refractivity contribution in [2.45, 2.75) is 20.3 Å². The highest BCUT2D eigenvalue weighted by atomic mass is 16.5. The van der Waals surface area contributed by atoms with Crippen LogP contribution in [0.1, 0.15) is 20.3 Å². The molecular formula is C18H24N2O2. The monoisotopic (exact) mass is 300 g/mol. The number of nitrogens with zero attached hydrogens (tertiary/aromatic N) is 2. The van der Waals surface area contributed by atoms with E-state index in [0.717, 1.165) is 49.0 Å². The summed E-state index contributed by atoms with van der Waals surface area (Å²) >= 11 is 0. The predicted molar refractivity (Wildman–Crippen MR) is 92.4 cm³/mol. The molecule has 0 spiro atoms. The average Bonchev–Trinajstić information content (AvgIpc) is 2.56. The summed E-state index contributed by atoms with van der Waals surface area (Å²) in [6.07, 6.45) is 6.42. The first-order chi connectivity index (χ1) is 10.8. The van der Waals surface area contributed by atoms with E-state index in [0.29, 0.717) is 6.61 Å². The maximum absolute atomic E-state index is 5.74. The summed E-state index contributed by atoms with van der Waals surface area (Å²) in [5.41, 5.74) is 2.07. The Morgan fingerprint density at radius 3 is 3.09 bits per heavy atom. The molecule has 0 saturated carbocycles. The van der Waals surface area contributed by atoms with E-state index in [1.165, 1.54) is 0 Å². The van der Waals surface area contributed by atoms with Crippen LogP contribution in [-0.4, -0.2) is 32.5 Å². The van der Waals surface area contributed by atoms with Crippen LogP contribution in [0.5, 0.6) is 11.5 Å². The van der Waals surface area contributed by atoms with Gasteiger partial charge in [0, 0.05) is 12.3 Å². The van der Waals surface area contributed by atoms with E-state index in [4.69, 9.17) is 9.47 Å². The van der Waals surface area contributed by atoms with Crippen molar-refractivity contribution in [1.82, 2.24) is 0 Å². The highest BCUT2D eigenvalue weighted by Gasteiger charge is 2.19. The molecule has 0 aliphatic carbocycles. The molecule has 0 radical (unpaired) electrons. The van der Waals surface area contributed by atoms with Crippen LogP contribution in [-0.2, 0) is 0 Å². The van der Waals surface area contributed by atoms with Crippen LogP contribution in [0, 0.1) is 0 Å². The minimum atomic E-state index is 0.685. The molecule has 0 fully saturated rings. The number of aliphatic imine (C=N–C) groups is 1. The number of fused-ring (bicyclic) bond motifs is 1. The number of allylic oxidation sites excluding steroid dienone is 2. The molecule has 1 aromatic carbocycles. The quantitative estimate of drug-likeness (QED) is 0.718. The standard InChI is InChI=1S/C18H24N2O2/c1-4-9-19-15(6-3)14-20-10-12-22-18-8-7-16(13-17(18)20)21-11-5-2/h4,6-9,13H,1,5,10-12,14H2,2-3H3/b15-6-,19-9-. The van der Waals surface area contributed by atoms with E-state index in [1.54, 1.807) is 12.3 Å². The van der Waals surface area contributed by atoms with Crippen LogP contribution in [0.3, 0.4) is 0 Å². The van der Waals surface area contributed by atoms with Gasteiger partial charge in [0.1, 0.15) is 18.1 Å². The Balaban J connectivity index is 2.18. The molecule has 0 amide bonds. The summed E-state index contributed by atoms with van der Waals surface area (Å²) in [7, 11) is 0. The summed E-state index contributed by atoms with van der Waals surface area (Å²) in [5, 5.41) is 0. The molecule has 1 aromatic rings. The molecular weight excluding hydrogens is 276 g/mol. The largest absolute Gasteiger partial charge is 0.494 e. The molecule has 0 aromatic heterocycles. The summed E-state index contributed by atoms with van der Waals surface area (Å²) < 4.78 is 11.5. The molecule has 0 atom stereocenters. The Kier molecular flexibility index (Phi) is 6.07. The van der Waals surface area contributed by atoms with Gasteiger partial charge in [-0.3, -0.25) is 4.99 Å². The van der Waals surface area contributed by atoms with Gasteiger partial charge in [-0.1, -0.05) is 25.7 Å². The van der Waals surface area contributed by atoms with Crippen molar-refractivity contribution >= 4 is 11.9 Å². The predicted octanol–water partition coefficient (Wildman–Crippen LogP) is 3.83. The van der Waals surface area contributed by atoms with Crippen molar-refractivity contribution in [2.75, 3.05) is 31.2 Å². The Morgan fingerprint density at radius 1 is 1.50 bits per heavy atom. The molecule has 1 aliphatic rings. The van der Waals surface area contributed by atoms with Gasteiger partial charge < -0.3 is 14.4 Å². The van der Waals surface area contributed by atoms with Crippen molar-refractivity contribution in [2.24, 2.45) is 4.99 Å². The smallest absolute Gasteiger partial charge is 0.142 e. The van der Waals surface area contributed by atoms with Gasteiger partial charge >= 0.3 is 0 Å². The zero-order chi connectivity index (χ0) is 15.8. The van der Waals surface area contributed by atoms with Gasteiger partial charge in [-0.05, 0) is 25.5 Å². The fourth-order valence-electron chi connectivity index (χ4n) is 2.28. The number of hydrogen-bond donors (Lipinski definition) is 0. The van der Waals surface area contributed by atoms with E-state index < -0.39 is 0 Å². The van der Waals surface area contributed by atoms with E-state index in [1.807, 2.05) is 25.1 Å². The molecule has 0 saturated heterocycles. The highest BCUT2D eigenvalue weighted by molar-refractivity contribution is 5.71. The van der Waals surface area contributed by atoms with E-state index in [2.05, 4.69) is 29.5 Å². The topological polar surface area (TPSA) is 34.1 Å². The van der Waals surface area contributed by atoms with Gasteiger partial charge in [0.05, 0.1) is 31.1 Å². The Labute approximate surface area is 132 Å². The maximum atomic E-state index is 5.74. The number of benzene rings is 1. The highest BCUT2D eigenvalue weighted by Crippen LogP contribution is 2.35. The lowest BCUT2D eigenvalue weighted by Crippen LogP contribution is -2.34. The number of anilines is 1. The molecule has 1 heterocycles. The second-order valence-corrected chi connectivity index (χ2v) is 5.04. The third-order valence-corrected chi connectivity index (χ3v) is 3.39. The summed E-state index contributed by atoms with van der Waals surface area (Å²) in [5.74, 6) is 1.78. The first kappa shape index (κ1) is 16.1. The van der Waals surface area contributed by atoms with Gasteiger partial charge in [0.2, 0.25) is 0 Å².